The summed E-state index contributed by atoms with van der Waals surface area (Å²) < 4.78 is 24.2. The number of nitrogens with one attached hydrogen (secondary N) is 1. The molecule has 9 heteroatoms. The van der Waals surface area contributed by atoms with Gasteiger partial charge in [-0.2, -0.15) is 0 Å². The Bertz CT molecular complexity index is 1300. The first-order valence-corrected chi connectivity index (χ1v) is 12.0. The van der Waals surface area contributed by atoms with Crippen LogP contribution in [0.2, 0.25) is 5.02 Å². The zero-order chi connectivity index (χ0) is 26.3. The number of methoxy groups -OCH3 is 1. The maximum Gasteiger partial charge on any atom is 0.306 e. The smallest absolute Gasteiger partial charge is 0.306 e. The molecule has 0 amide bonds. The van der Waals surface area contributed by atoms with Crippen LogP contribution < -0.4 is 10.1 Å². The normalized spacial score (nSPS) is 11.2. The number of carbonyl (C=O) groups is 1. The zero-order valence-corrected chi connectivity index (χ0v) is 21.9. The van der Waals surface area contributed by atoms with E-state index in [0.717, 1.165) is 11.9 Å². The highest BCUT2D eigenvalue weighted by atomic mass is 35.5. The lowest BCUT2D eigenvalue weighted by Crippen LogP contribution is -2.43. The first-order chi connectivity index (χ1) is 17.2. The van der Waals surface area contributed by atoms with Crippen molar-refractivity contribution in [3.8, 4) is 17.6 Å². The molecule has 0 aliphatic heterocycles. The minimum absolute atomic E-state index is 0.0125. The number of nitrogens with zero attached hydrogens (tertiary/aromatic N) is 3. The third kappa shape index (κ3) is 6.62. The highest BCUT2D eigenvalue weighted by molar-refractivity contribution is 6.31. The molecule has 0 fully saturated rings. The molecule has 2 aromatic carbocycles. The third-order valence-electron chi connectivity index (χ3n) is 5.71. The van der Waals surface area contributed by atoms with E-state index in [9.17, 15) is 9.18 Å². The van der Waals surface area contributed by atoms with E-state index in [1.54, 1.807) is 6.07 Å². The van der Waals surface area contributed by atoms with Crippen LogP contribution in [0.1, 0.15) is 39.7 Å². The summed E-state index contributed by atoms with van der Waals surface area (Å²) in [6, 6.07) is 8.08. The van der Waals surface area contributed by atoms with Crippen LogP contribution in [0, 0.1) is 17.7 Å². The fourth-order valence-electron chi connectivity index (χ4n) is 3.73. The van der Waals surface area contributed by atoms with E-state index in [0.29, 0.717) is 41.5 Å². The number of rotatable bonds is 9. The van der Waals surface area contributed by atoms with E-state index in [1.807, 2.05) is 39.8 Å². The van der Waals surface area contributed by atoms with Crippen molar-refractivity contribution in [1.82, 2.24) is 14.9 Å². The lowest BCUT2D eigenvalue weighted by Gasteiger charge is -2.33. The highest BCUT2D eigenvalue weighted by Gasteiger charge is 2.24. The molecule has 0 aliphatic carbocycles. The molecule has 3 rings (SSSR count). The molecule has 1 heterocycles. The van der Waals surface area contributed by atoms with E-state index in [1.165, 1.54) is 25.6 Å². The van der Waals surface area contributed by atoms with E-state index < -0.39 is 11.4 Å². The van der Waals surface area contributed by atoms with Gasteiger partial charge >= 0.3 is 5.97 Å². The molecule has 0 atom stereocenters. The van der Waals surface area contributed by atoms with Gasteiger partial charge in [0.15, 0.2) is 0 Å². The molecule has 0 saturated carbocycles. The van der Waals surface area contributed by atoms with Gasteiger partial charge in [-0.15, -0.1) is 0 Å². The molecule has 7 nitrogen and oxygen atoms in total. The Kier molecular flexibility index (Phi) is 9.08. The van der Waals surface area contributed by atoms with E-state index in [2.05, 4.69) is 32.0 Å². The molecule has 190 valence electrons. The molecule has 1 aromatic heterocycles. The number of anilines is 2. The van der Waals surface area contributed by atoms with Crippen LogP contribution >= 0.6 is 11.6 Å². The van der Waals surface area contributed by atoms with Crippen molar-refractivity contribution in [3.05, 3.63) is 53.1 Å². The molecule has 0 radical (unpaired) electrons. The SMILES string of the molecule is CCOc1cc2ncnc(Nc3ccc(F)c(Cl)c3)c2cc1C#CC(C)(C)N(CC)CCC(=O)OC. The molecule has 0 saturated heterocycles. The Morgan fingerprint density at radius 3 is 2.67 bits per heavy atom. The van der Waals surface area contributed by atoms with Gasteiger partial charge in [0, 0.05) is 23.7 Å². The third-order valence-corrected chi connectivity index (χ3v) is 6.00. The number of halogens is 2. The van der Waals surface area contributed by atoms with Gasteiger partial charge in [0.25, 0.3) is 0 Å². The van der Waals surface area contributed by atoms with Gasteiger partial charge < -0.3 is 14.8 Å². The van der Waals surface area contributed by atoms with Crippen molar-refractivity contribution in [3.63, 3.8) is 0 Å². The van der Waals surface area contributed by atoms with Crippen LogP contribution in [0.3, 0.4) is 0 Å². The first kappa shape index (κ1) is 27.2. The maximum atomic E-state index is 13.6. The van der Waals surface area contributed by atoms with Gasteiger partial charge in [-0.1, -0.05) is 30.4 Å². The standard InChI is InChI=1S/C27H30ClFN4O3/c1-6-33(13-11-25(34)35-5)27(3,4)12-10-18-14-20-23(16-24(18)36-7-2)30-17-31-26(20)32-19-8-9-22(29)21(28)15-19/h8-9,14-17H,6-7,11,13H2,1-5H3,(H,30,31,32). The van der Waals surface area contributed by atoms with Crippen molar-refractivity contribution in [2.45, 2.75) is 39.7 Å². The van der Waals surface area contributed by atoms with Crippen molar-refractivity contribution in [2.24, 2.45) is 0 Å². The molecular weight excluding hydrogens is 483 g/mol. The summed E-state index contributed by atoms with van der Waals surface area (Å²) in [4.78, 5) is 22.5. The van der Waals surface area contributed by atoms with E-state index in [-0.39, 0.29) is 17.4 Å². The molecule has 0 unspecified atom stereocenters. The van der Waals surface area contributed by atoms with Gasteiger partial charge in [0.05, 0.1) is 41.8 Å². The number of hydrogen-bond donors (Lipinski definition) is 1. The molecule has 3 aromatic rings. The molecule has 1 N–H and O–H groups in total. The van der Waals surface area contributed by atoms with Crippen molar-refractivity contribution in [2.75, 3.05) is 32.1 Å². The van der Waals surface area contributed by atoms with E-state index in [4.69, 9.17) is 21.1 Å². The van der Waals surface area contributed by atoms with Crippen LogP contribution in [-0.2, 0) is 9.53 Å². The minimum Gasteiger partial charge on any atom is -0.492 e. The molecule has 0 aliphatic rings. The van der Waals surface area contributed by atoms with Crippen LogP contribution in [0.5, 0.6) is 5.75 Å². The Morgan fingerprint density at radius 2 is 2.00 bits per heavy atom. The van der Waals surface area contributed by atoms with Gasteiger partial charge in [0.1, 0.15) is 23.7 Å². The number of fused-ring (bicyclic) bond motifs is 1. The number of esters is 1. The number of benzene rings is 2. The number of ether oxygens (including phenoxy) is 2. The fraction of sp³-hybridized carbons (Fsp3) is 0.370. The Morgan fingerprint density at radius 1 is 1.22 bits per heavy atom. The highest BCUT2D eigenvalue weighted by Crippen LogP contribution is 2.31. The average molecular weight is 513 g/mol. The minimum atomic E-state index is -0.514. The van der Waals surface area contributed by atoms with Crippen LogP contribution in [0.25, 0.3) is 10.9 Å². The van der Waals surface area contributed by atoms with E-state index >= 15 is 0 Å². The maximum absolute atomic E-state index is 13.6. The van der Waals surface area contributed by atoms with Crippen molar-refractivity contribution < 1.29 is 18.7 Å². The summed E-state index contributed by atoms with van der Waals surface area (Å²) in [5, 5.41) is 3.92. The molecule has 36 heavy (non-hydrogen) atoms. The lowest BCUT2D eigenvalue weighted by molar-refractivity contribution is -0.141. The molecule has 0 bridgehead atoms. The van der Waals surface area contributed by atoms with Crippen LogP contribution in [0.4, 0.5) is 15.9 Å². The monoisotopic (exact) mass is 512 g/mol. The van der Waals surface area contributed by atoms with Crippen LogP contribution in [0.15, 0.2) is 36.7 Å². The van der Waals surface area contributed by atoms with Crippen LogP contribution in [-0.4, -0.2) is 53.2 Å². The largest absolute Gasteiger partial charge is 0.492 e. The average Bonchev–Trinajstić information content (AvgIpc) is 2.85. The van der Waals surface area contributed by atoms with Crippen molar-refractivity contribution in [1.29, 1.82) is 0 Å². The quantitative estimate of drug-likeness (QED) is 0.296. The summed E-state index contributed by atoms with van der Waals surface area (Å²) in [6.45, 7) is 9.67. The summed E-state index contributed by atoms with van der Waals surface area (Å²) in [7, 11) is 1.38. The second-order valence-corrected chi connectivity index (χ2v) is 8.90. The summed E-state index contributed by atoms with van der Waals surface area (Å²) in [5.74, 6) is 6.99. The number of hydrogen-bond acceptors (Lipinski definition) is 7. The predicted octanol–water partition coefficient (Wildman–Crippen LogP) is 5.58. The molecule has 0 spiro atoms. The molecular formula is C27H30ClFN4O3. The Balaban J connectivity index is 2.00. The van der Waals surface area contributed by atoms with Gasteiger partial charge in [-0.05, 0) is 51.6 Å². The topological polar surface area (TPSA) is 76.6 Å². The summed E-state index contributed by atoms with van der Waals surface area (Å²) in [6.07, 6.45) is 1.73. The van der Waals surface area contributed by atoms with Gasteiger partial charge in [-0.3, -0.25) is 9.69 Å². The van der Waals surface area contributed by atoms with Gasteiger partial charge in [0.2, 0.25) is 0 Å². The Labute approximate surface area is 216 Å². The van der Waals surface area contributed by atoms with Gasteiger partial charge in [-0.25, -0.2) is 14.4 Å². The summed E-state index contributed by atoms with van der Waals surface area (Å²) >= 11 is 5.94. The second-order valence-electron chi connectivity index (χ2n) is 8.49. The fourth-order valence-corrected chi connectivity index (χ4v) is 3.91. The predicted molar refractivity (Wildman–Crippen MR) is 140 cm³/mol. The second kappa shape index (κ2) is 12.0. The number of carbonyl (C=O) groups excluding carboxylic acids is 1. The number of aromatic nitrogens is 2. The summed E-state index contributed by atoms with van der Waals surface area (Å²) in [5.41, 5.74) is 1.42. The van der Waals surface area contributed by atoms with Crippen molar-refractivity contribution >= 4 is 40.0 Å². The Hall–Kier alpha value is -3.41. The first-order valence-electron chi connectivity index (χ1n) is 11.7. The lowest BCUT2D eigenvalue weighted by atomic mass is 10.0. The zero-order valence-electron chi connectivity index (χ0n) is 21.1.